The molecule has 0 radical (unpaired) electrons. The zero-order valence-corrected chi connectivity index (χ0v) is 12.4. The molecule has 6 nitrogen and oxygen atoms in total. The number of aryl methyl sites for hydroxylation is 1. The molecule has 0 aliphatic rings. The number of hydrogen-bond acceptors (Lipinski definition) is 5. The molecule has 2 rings (SSSR count). The van der Waals surface area contributed by atoms with Gasteiger partial charge in [0.15, 0.2) is 5.76 Å². The van der Waals surface area contributed by atoms with Gasteiger partial charge in [0, 0.05) is 18.1 Å². The van der Waals surface area contributed by atoms with Crippen molar-refractivity contribution >= 4 is 33.4 Å². The van der Waals surface area contributed by atoms with E-state index < -0.39 is 0 Å². The number of nitrogens with zero attached hydrogens (tertiary/aromatic N) is 2. The van der Waals surface area contributed by atoms with Gasteiger partial charge in [-0.15, -0.1) is 0 Å². The zero-order chi connectivity index (χ0) is 13.8. The van der Waals surface area contributed by atoms with Gasteiger partial charge in [-0.05, 0) is 40.9 Å². The third-order valence-corrected chi connectivity index (χ3v) is 3.20. The van der Waals surface area contributed by atoms with Gasteiger partial charge in [-0.25, -0.2) is 0 Å². The van der Waals surface area contributed by atoms with Gasteiger partial charge < -0.3 is 14.4 Å². The molecule has 0 aromatic carbocycles. The van der Waals surface area contributed by atoms with Gasteiger partial charge in [0.1, 0.15) is 4.60 Å². The van der Waals surface area contributed by atoms with Gasteiger partial charge in [0.05, 0.1) is 12.2 Å². The van der Waals surface area contributed by atoms with E-state index in [4.69, 9.17) is 20.6 Å². The molecule has 0 bridgehead atoms. The van der Waals surface area contributed by atoms with E-state index in [0.29, 0.717) is 35.4 Å². The monoisotopic (exact) mass is 347 g/mol. The second kappa shape index (κ2) is 6.21. The molecule has 102 valence electrons. The zero-order valence-electron chi connectivity index (χ0n) is 10.1. The third kappa shape index (κ3) is 3.81. The maximum atomic E-state index is 11.7. The standard InChI is InChI=1S/C11H11BrClN3O3/c1-6-8(11(13)19-15-6)2-3-10(17)14-5-7-4-9(12)16-18-7/h4H,2-3,5H2,1H3,(H,14,17). The van der Waals surface area contributed by atoms with Gasteiger partial charge in [-0.1, -0.05) is 10.3 Å². The van der Waals surface area contributed by atoms with Crippen molar-refractivity contribution in [2.24, 2.45) is 0 Å². The van der Waals surface area contributed by atoms with Crippen molar-refractivity contribution in [1.29, 1.82) is 0 Å². The van der Waals surface area contributed by atoms with Gasteiger partial charge in [-0.2, -0.15) is 0 Å². The van der Waals surface area contributed by atoms with Gasteiger partial charge in [0.25, 0.3) is 0 Å². The van der Waals surface area contributed by atoms with Crippen LogP contribution in [-0.4, -0.2) is 16.2 Å². The first kappa shape index (κ1) is 14.1. The van der Waals surface area contributed by atoms with E-state index in [9.17, 15) is 4.79 Å². The fraction of sp³-hybridized carbons (Fsp3) is 0.364. The molecular weight excluding hydrogens is 337 g/mol. The summed E-state index contributed by atoms with van der Waals surface area (Å²) < 4.78 is 10.4. The largest absolute Gasteiger partial charge is 0.358 e. The van der Waals surface area contributed by atoms with Gasteiger partial charge >= 0.3 is 0 Å². The molecule has 19 heavy (non-hydrogen) atoms. The Morgan fingerprint density at radius 1 is 1.47 bits per heavy atom. The Kier molecular flexibility index (Phi) is 4.60. The number of halogens is 2. The summed E-state index contributed by atoms with van der Waals surface area (Å²) in [4.78, 5) is 11.7. The quantitative estimate of drug-likeness (QED) is 0.898. The van der Waals surface area contributed by atoms with E-state index in [1.807, 2.05) is 0 Å². The number of carbonyl (C=O) groups is 1. The van der Waals surface area contributed by atoms with Crippen molar-refractivity contribution < 1.29 is 13.8 Å². The minimum absolute atomic E-state index is 0.107. The van der Waals surface area contributed by atoms with Crippen LogP contribution in [0.3, 0.4) is 0 Å². The van der Waals surface area contributed by atoms with E-state index in [-0.39, 0.29) is 11.1 Å². The molecule has 1 amide bonds. The average molecular weight is 349 g/mol. The molecule has 2 aromatic rings. The molecule has 0 atom stereocenters. The first-order valence-electron chi connectivity index (χ1n) is 5.54. The molecule has 0 unspecified atom stereocenters. The molecule has 0 spiro atoms. The molecule has 2 aromatic heterocycles. The number of aromatic nitrogens is 2. The summed E-state index contributed by atoms with van der Waals surface area (Å²) in [6.07, 6.45) is 0.789. The van der Waals surface area contributed by atoms with E-state index in [1.54, 1.807) is 13.0 Å². The Bertz CT molecular complexity index is 562. The molecular formula is C11H11BrClN3O3. The van der Waals surface area contributed by atoms with Crippen LogP contribution >= 0.6 is 27.5 Å². The normalized spacial score (nSPS) is 10.7. The van der Waals surface area contributed by atoms with Crippen LogP contribution in [0.2, 0.25) is 5.22 Å². The number of rotatable bonds is 5. The van der Waals surface area contributed by atoms with Crippen molar-refractivity contribution in [1.82, 2.24) is 15.6 Å². The molecule has 0 aliphatic carbocycles. The summed E-state index contributed by atoms with van der Waals surface area (Å²) in [6, 6.07) is 1.70. The van der Waals surface area contributed by atoms with Crippen molar-refractivity contribution in [3.63, 3.8) is 0 Å². The predicted molar refractivity (Wildman–Crippen MR) is 70.6 cm³/mol. The number of nitrogens with one attached hydrogen (secondary N) is 1. The van der Waals surface area contributed by atoms with Crippen LogP contribution in [0.4, 0.5) is 0 Å². The Morgan fingerprint density at radius 3 is 2.84 bits per heavy atom. The van der Waals surface area contributed by atoms with Crippen LogP contribution in [0.5, 0.6) is 0 Å². The van der Waals surface area contributed by atoms with Crippen molar-refractivity contribution in [3.8, 4) is 0 Å². The fourth-order valence-electron chi connectivity index (χ4n) is 1.52. The summed E-state index contributed by atoms with van der Waals surface area (Å²) in [5.74, 6) is 0.476. The van der Waals surface area contributed by atoms with Crippen LogP contribution in [0.1, 0.15) is 23.4 Å². The Balaban J connectivity index is 1.79. The Morgan fingerprint density at radius 2 is 2.26 bits per heavy atom. The molecule has 0 saturated carbocycles. The molecule has 8 heteroatoms. The highest BCUT2D eigenvalue weighted by Gasteiger charge is 2.13. The molecule has 0 aliphatic heterocycles. The lowest BCUT2D eigenvalue weighted by molar-refractivity contribution is -0.121. The van der Waals surface area contributed by atoms with E-state index in [1.165, 1.54) is 0 Å². The van der Waals surface area contributed by atoms with Crippen molar-refractivity contribution in [2.45, 2.75) is 26.3 Å². The Hall–Kier alpha value is -1.34. The summed E-state index contributed by atoms with van der Waals surface area (Å²) >= 11 is 8.98. The molecule has 0 fully saturated rings. The predicted octanol–water partition coefficient (Wildman–Crippen LogP) is 2.64. The minimum Gasteiger partial charge on any atom is -0.358 e. The average Bonchev–Trinajstić information content (AvgIpc) is 2.92. The topological polar surface area (TPSA) is 81.2 Å². The fourth-order valence-corrected chi connectivity index (χ4v) is 2.12. The van der Waals surface area contributed by atoms with E-state index in [0.717, 1.165) is 5.56 Å². The SMILES string of the molecule is Cc1noc(Cl)c1CCC(=O)NCc1cc(Br)no1. The second-order valence-electron chi connectivity index (χ2n) is 3.91. The number of amides is 1. The first-order valence-corrected chi connectivity index (χ1v) is 6.72. The summed E-state index contributed by atoms with van der Waals surface area (Å²) in [5, 5.41) is 10.3. The third-order valence-electron chi connectivity index (χ3n) is 2.53. The van der Waals surface area contributed by atoms with Crippen LogP contribution < -0.4 is 5.32 Å². The molecule has 2 heterocycles. The second-order valence-corrected chi connectivity index (χ2v) is 5.07. The first-order chi connectivity index (χ1) is 9.06. The van der Waals surface area contributed by atoms with Crippen LogP contribution in [0, 0.1) is 6.92 Å². The smallest absolute Gasteiger partial charge is 0.229 e. The lowest BCUT2D eigenvalue weighted by Crippen LogP contribution is -2.22. The Labute approximate surface area is 122 Å². The van der Waals surface area contributed by atoms with Crippen LogP contribution in [0.25, 0.3) is 0 Å². The maximum Gasteiger partial charge on any atom is 0.229 e. The lowest BCUT2D eigenvalue weighted by atomic mass is 10.1. The summed E-state index contributed by atoms with van der Waals surface area (Å²) in [5.41, 5.74) is 1.47. The van der Waals surface area contributed by atoms with Crippen molar-refractivity contribution in [2.75, 3.05) is 0 Å². The van der Waals surface area contributed by atoms with E-state index in [2.05, 4.69) is 31.6 Å². The number of carbonyl (C=O) groups excluding carboxylic acids is 1. The highest BCUT2D eigenvalue weighted by molar-refractivity contribution is 9.10. The van der Waals surface area contributed by atoms with Crippen LogP contribution in [-0.2, 0) is 17.8 Å². The molecule has 0 saturated heterocycles. The highest BCUT2D eigenvalue weighted by Crippen LogP contribution is 2.20. The van der Waals surface area contributed by atoms with Gasteiger partial charge in [0.2, 0.25) is 11.1 Å². The highest BCUT2D eigenvalue weighted by atomic mass is 79.9. The van der Waals surface area contributed by atoms with E-state index >= 15 is 0 Å². The van der Waals surface area contributed by atoms with Crippen molar-refractivity contribution in [3.05, 3.63) is 32.9 Å². The lowest BCUT2D eigenvalue weighted by Gasteiger charge is -2.02. The molecule has 1 N–H and O–H groups in total. The van der Waals surface area contributed by atoms with Crippen LogP contribution in [0.15, 0.2) is 19.7 Å². The summed E-state index contributed by atoms with van der Waals surface area (Å²) in [7, 11) is 0. The summed E-state index contributed by atoms with van der Waals surface area (Å²) in [6.45, 7) is 2.09. The minimum atomic E-state index is -0.107. The maximum absolute atomic E-state index is 11.7. The number of hydrogen-bond donors (Lipinski definition) is 1. The van der Waals surface area contributed by atoms with Gasteiger partial charge in [-0.3, -0.25) is 4.79 Å².